The average molecular weight is 287 g/mol. The second-order valence-electron chi connectivity index (χ2n) is 4.87. The van der Waals surface area contributed by atoms with Crippen LogP contribution in [-0.2, 0) is 0 Å². The Morgan fingerprint density at radius 3 is 2.33 bits per heavy atom. The third-order valence-electron chi connectivity index (χ3n) is 3.20. The van der Waals surface area contributed by atoms with E-state index in [0.29, 0.717) is 0 Å². The highest BCUT2D eigenvalue weighted by molar-refractivity contribution is 5.74. The smallest absolute Gasteiger partial charge is 0.315 e. The van der Waals surface area contributed by atoms with Crippen molar-refractivity contribution in [1.29, 1.82) is 0 Å². The molecule has 0 aliphatic carbocycles. The standard InChI is InChI=1S/C16H18FN3O/c1-11(13-6-8-14(17)9-7-13)19-16(21)20-12(2)15-5-3-4-10-18-15/h3-12H,1-2H3,(H2,19,20,21). The number of hydrogen-bond acceptors (Lipinski definition) is 2. The van der Waals surface area contributed by atoms with Crippen LogP contribution in [0.15, 0.2) is 48.7 Å². The number of nitrogens with one attached hydrogen (secondary N) is 2. The molecular weight excluding hydrogens is 269 g/mol. The average Bonchev–Trinajstić information content (AvgIpc) is 2.48. The molecule has 0 bridgehead atoms. The van der Waals surface area contributed by atoms with Crippen molar-refractivity contribution >= 4 is 6.03 Å². The highest BCUT2D eigenvalue weighted by Gasteiger charge is 2.13. The first-order valence-corrected chi connectivity index (χ1v) is 6.79. The topological polar surface area (TPSA) is 54.0 Å². The van der Waals surface area contributed by atoms with Crippen molar-refractivity contribution in [2.75, 3.05) is 0 Å². The van der Waals surface area contributed by atoms with Crippen LogP contribution in [-0.4, -0.2) is 11.0 Å². The van der Waals surface area contributed by atoms with Crippen molar-refractivity contribution in [3.63, 3.8) is 0 Å². The summed E-state index contributed by atoms with van der Waals surface area (Å²) < 4.78 is 12.9. The largest absolute Gasteiger partial charge is 0.332 e. The van der Waals surface area contributed by atoms with E-state index < -0.39 is 0 Å². The minimum atomic E-state index is -0.292. The molecule has 1 aromatic carbocycles. The number of nitrogens with zero attached hydrogens (tertiary/aromatic N) is 1. The van der Waals surface area contributed by atoms with Gasteiger partial charge in [-0.05, 0) is 43.7 Å². The predicted molar refractivity (Wildman–Crippen MR) is 79.1 cm³/mol. The third kappa shape index (κ3) is 4.27. The quantitative estimate of drug-likeness (QED) is 0.906. The van der Waals surface area contributed by atoms with Gasteiger partial charge in [0.1, 0.15) is 5.82 Å². The van der Waals surface area contributed by atoms with E-state index in [-0.39, 0.29) is 23.9 Å². The summed E-state index contributed by atoms with van der Waals surface area (Å²) in [5, 5.41) is 5.64. The molecule has 0 saturated heterocycles. The molecule has 2 unspecified atom stereocenters. The molecule has 2 rings (SSSR count). The number of carbonyl (C=O) groups is 1. The minimum absolute atomic E-state index is 0.188. The summed E-state index contributed by atoms with van der Waals surface area (Å²) in [4.78, 5) is 16.1. The number of rotatable bonds is 4. The van der Waals surface area contributed by atoms with E-state index in [1.54, 1.807) is 18.3 Å². The lowest BCUT2D eigenvalue weighted by Crippen LogP contribution is -2.38. The fourth-order valence-electron chi connectivity index (χ4n) is 1.98. The van der Waals surface area contributed by atoms with Gasteiger partial charge in [0, 0.05) is 6.20 Å². The van der Waals surface area contributed by atoms with Gasteiger partial charge in [0.15, 0.2) is 0 Å². The Bertz CT molecular complexity index is 586. The van der Waals surface area contributed by atoms with E-state index in [1.165, 1.54) is 12.1 Å². The van der Waals surface area contributed by atoms with Gasteiger partial charge < -0.3 is 10.6 Å². The number of amides is 2. The lowest BCUT2D eigenvalue weighted by Gasteiger charge is -2.18. The van der Waals surface area contributed by atoms with E-state index in [2.05, 4.69) is 15.6 Å². The summed E-state index contributed by atoms with van der Waals surface area (Å²) in [7, 11) is 0. The molecule has 1 heterocycles. The second kappa shape index (κ2) is 6.83. The van der Waals surface area contributed by atoms with Crippen LogP contribution in [0.1, 0.15) is 37.2 Å². The van der Waals surface area contributed by atoms with E-state index in [1.807, 2.05) is 32.0 Å². The minimum Gasteiger partial charge on any atom is -0.332 e. The van der Waals surface area contributed by atoms with Gasteiger partial charge in [0.25, 0.3) is 0 Å². The van der Waals surface area contributed by atoms with Crippen LogP contribution in [0.5, 0.6) is 0 Å². The van der Waals surface area contributed by atoms with Crippen molar-refractivity contribution < 1.29 is 9.18 Å². The van der Waals surface area contributed by atoms with Crippen LogP contribution < -0.4 is 10.6 Å². The Hall–Kier alpha value is -2.43. The van der Waals surface area contributed by atoms with E-state index in [0.717, 1.165) is 11.3 Å². The molecule has 0 fully saturated rings. The van der Waals surface area contributed by atoms with Crippen molar-refractivity contribution in [3.05, 3.63) is 65.7 Å². The molecular formula is C16H18FN3O. The van der Waals surface area contributed by atoms with Crippen molar-refractivity contribution in [3.8, 4) is 0 Å². The molecule has 0 aliphatic heterocycles. The number of pyridine rings is 1. The van der Waals surface area contributed by atoms with Crippen molar-refractivity contribution in [2.45, 2.75) is 25.9 Å². The maximum atomic E-state index is 12.9. The van der Waals surface area contributed by atoms with Gasteiger partial charge in [-0.15, -0.1) is 0 Å². The van der Waals surface area contributed by atoms with E-state index >= 15 is 0 Å². The highest BCUT2D eigenvalue weighted by atomic mass is 19.1. The van der Waals surface area contributed by atoms with Crippen LogP contribution in [0.4, 0.5) is 9.18 Å². The summed E-state index contributed by atoms with van der Waals surface area (Å²) >= 11 is 0. The Labute approximate surface area is 123 Å². The molecule has 0 aliphatic rings. The summed E-state index contributed by atoms with van der Waals surface area (Å²) in [6.45, 7) is 3.71. The molecule has 0 spiro atoms. The molecule has 21 heavy (non-hydrogen) atoms. The van der Waals surface area contributed by atoms with Gasteiger partial charge in [-0.1, -0.05) is 18.2 Å². The molecule has 2 atom stereocenters. The third-order valence-corrected chi connectivity index (χ3v) is 3.20. The van der Waals surface area contributed by atoms with Gasteiger partial charge in [-0.3, -0.25) is 4.98 Å². The first-order valence-electron chi connectivity index (χ1n) is 6.79. The van der Waals surface area contributed by atoms with Crippen LogP contribution in [0, 0.1) is 5.82 Å². The number of urea groups is 1. The lowest BCUT2D eigenvalue weighted by atomic mass is 10.1. The van der Waals surface area contributed by atoms with Crippen LogP contribution >= 0.6 is 0 Å². The molecule has 4 nitrogen and oxygen atoms in total. The van der Waals surface area contributed by atoms with Crippen molar-refractivity contribution in [1.82, 2.24) is 15.6 Å². The molecule has 1 aromatic heterocycles. The molecule has 2 aromatic rings. The molecule has 0 saturated carbocycles. The maximum Gasteiger partial charge on any atom is 0.315 e. The molecule has 2 N–H and O–H groups in total. The number of aromatic nitrogens is 1. The molecule has 0 radical (unpaired) electrons. The zero-order valence-corrected chi connectivity index (χ0v) is 12.0. The monoisotopic (exact) mass is 287 g/mol. The first-order chi connectivity index (χ1) is 10.1. The summed E-state index contributed by atoms with van der Waals surface area (Å²) in [5.74, 6) is -0.292. The zero-order valence-electron chi connectivity index (χ0n) is 12.0. The van der Waals surface area contributed by atoms with Crippen LogP contribution in [0.2, 0.25) is 0 Å². The fraction of sp³-hybridized carbons (Fsp3) is 0.250. The van der Waals surface area contributed by atoms with Crippen LogP contribution in [0.25, 0.3) is 0 Å². The Kier molecular flexibility index (Phi) is 4.87. The maximum absolute atomic E-state index is 12.9. The van der Waals surface area contributed by atoms with E-state index in [9.17, 15) is 9.18 Å². The first kappa shape index (κ1) is 15.0. The number of carbonyl (C=O) groups excluding carboxylic acids is 1. The Balaban J connectivity index is 1.91. The lowest BCUT2D eigenvalue weighted by molar-refractivity contribution is 0.234. The van der Waals surface area contributed by atoms with Gasteiger partial charge >= 0.3 is 6.03 Å². The SMILES string of the molecule is CC(NC(=O)NC(C)c1ccccn1)c1ccc(F)cc1. The second-order valence-corrected chi connectivity index (χ2v) is 4.87. The molecule has 5 heteroatoms. The summed E-state index contributed by atoms with van der Waals surface area (Å²) in [6, 6.07) is 10.9. The Morgan fingerprint density at radius 1 is 1.05 bits per heavy atom. The van der Waals surface area contributed by atoms with E-state index in [4.69, 9.17) is 0 Å². The zero-order chi connectivity index (χ0) is 15.2. The molecule has 2 amide bonds. The van der Waals surface area contributed by atoms with Crippen molar-refractivity contribution in [2.24, 2.45) is 0 Å². The summed E-state index contributed by atoms with van der Waals surface area (Å²) in [5.41, 5.74) is 1.64. The number of halogens is 1. The fourth-order valence-corrected chi connectivity index (χ4v) is 1.98. The predicted octanol–water partition coefficient (Wildman–Crippen LogP) is 3.34. The molecule has 110 valence electrons. The number of hydrogen-bond donors (Lipinski definition) is 2. The van der Waals surface area contributed by atoms with Gasteiger partial charge in [0.2, 0.25) is 0 Å². The highest BCUT2D eigenvalue weighted by Crippen LogP contribution is 2.13. The summed E-state index contributed by atoms with van der Waals surface area (Å²) in [6.07, 6.45) is 1.69. The van der Waals surface area contributed by atoms with Gasteiger partial charge in [0.05, 0.1) is 17.8 Å². The van der Waals surface area contributed by atoms with Crippen LogP contribution in [0.3, 0.4) is 0 Å². The number of benzene rings is 1. The van der Waals surface area contributed by atoms with Gasteiger partial charge in [-0.2, -0.15) is 0 Å². The van der Waals surface area contributed by atoms with Gasteiger partial charge in [-0.25, -0.2) is 9.18 Å². The normalized spacial score (nSPS) is 13.3. The Morgan fingerprint density at radius 2 is 1.71 bits per heavy atom.